The summed E-state index contributed by atoms with van der Waals surface area (Å²) >= 11 is 0. The quantitative estimate of drug-likeness (QED) is 0.187. The predicted octanol–water partition coefficient (Wildman–Crippen LogP) is 4.53. The first-order valence-electron chi connectivity index (χ1n) is 13.9. The summed E-state index contributed by atoms with van der Waals surface area (Å²) in [5, 5.41) is 20.1. The van der Waals surface area contributed by atoms with E-state index in [4.69, 9.17) is 4.74 Å². The molecule has 3 heterocycles. The van der Waals surface area contributed by atoms with Crippen LogP contribution >= 0.6 is 0 Å². The Morgan fingerprint density at radius 2 is 1.84 bits per heavy atom. The molecule has 0 bridgehead atoms. The van der Waals surface area contributed by atoms with E-state index in [1.807, 2.05) is 6.92 Å². The van der Waals surface area contributed by atoms with Gasteiger partial charge in [0.15, 0.2) is 28.8 Å². The van der Waals surface area contributed by atoms with Crippen LogP contribution in [0.2, 0.25) is 0 Å². The molecule has 3 aromatic heterocycles. The number of halogens is 2. The van der Waals surface area contributed by atoms with Crippen LogP contribution in [0.5, 0.6) is 11.5 Å². The molecule has 5 rings (SSSR count). The second kappa shape index (κ2) is 12.6. The highest BCUT2D eigenvalue weighted by molar-refractivity contribution is 5.97. The lowest BCUT2D eigenvalue weighted by Crippen LogP contribution is -2.42. The van der Waals surface area contributed by atoms with Crippen molar-refractivity contribution in [3.8, 4) is 17.2 Å². The third kappa shape index (κ3) is 5.99. The van der Waals surface area contributed by atoms with Gasteiger partial charge < -0.3 is 15.2 Å². The van der Waals surface area contributed by atoms with Gasteiger partial charge in [-0.15, -0.1) is 0 Å². The standard InChI is InChI=1S/C31H30F2N6O5/c1-4-20(16-40)35-29-27-26(11-12-34-28(27)36-37-29)44-25-10-5-18(13-23(25)33)14-24(41)22-15-38(17(2)3)31(43)39(30(22)42)21-8-6-19(32)7-9-21/h5-13,15,17,20,40H,4,14,16H2,1-3H3,(H2,34,35,36,37)/t20-/m0/s1. The lowest BCUT2D eigenvalue weighted by molar-refractivity contribution is 0.0990. The Bertz CT molecular complexity index is 1940. The molecule has 1 atom stereocenters. The Balaban J connectivity index is 1.43. The molecule has 2 aromatic carbocycles. The van der Waals surface area contributed by atoms with Gasteiger partial charge in [0.05, 0.1) is 18.3 Å². The fourth-order valence-corrected chi connectivity index (χ4v) is 4.67. The topological polar surface area (TPSA) is 144 Å². The van der Waals surface area contributed by atoms with Gasteiger partial charge in [0, 0.05) is 30.9 Å². The van der Waals surface area contributed by atoms with Crippen molar-refractivity contribution in [2.24, 2.45) is 0 Å². The number of H-pyrrole nitrogens is 1. The molecule has 0 aliphatic heterocycles. The first-order chi connectivity index (χ1) is 21.1. The second-order valence-corrected chi connectivity index (χ2v) is 10.4. The van der Waals surface area contributed by atoms with Crippen LogP contribution in [0.1, 0.15) is 49.2 Å². The van der Waals surface area contributed by atoms with Crippen molar-refractivity contribution in [2.75, 3.05) is 11.9 Å². The van der Waals surface area contributed by atoms with E-state index in [1.54, 1.807) is 19.9 Å². The van der Waals surface area contributed by atoms with Crippen LogP contribution in [0.3, 0.4) is 0 Å². The van der Waals surface area contributed by atoms with E-state index in [0.717, 1.165) is 22.8 Å². The van der Waals surface area contributed by atoms with Gasteiger partial charge in [0.25, 0.3) is 5.56 Å². The largest absolute Gasteiger partial charge is 0.453 e. The van der Waals surface area contributed by atoms with Crippen LogP contribution in [0.15, 0.2) is 70.5 Å². The molecule has 3 N–H and O–H groups in total. The lowest BCUT2D eigenvalue weighted by Gasteiger charge is -2.15. The van der Waals surface area contributed by atoms with Gasteiger partial charge in [-0.05, 0) is 62.2 Å². The number of aliphatic hydroxyl groups excluding tert-OH is 1. The summed E-state index contributed by atoms with van der Waals surface area (Å²) in [6.45, 7) is 5.23. The molecule has 0 amide bonds. The highest BCUT2D eigenvalue weighted by Crippen LogP contribution is 2.34. The van der Waals surface area contributed by atoms with Crippen molar-refractivity contribution >= 4 is 22.6 Å². The number of aromatic amines is 1. The molecule has 44 heavy (non-hydrogen) atoms. The number of aliphatic hydroxyl groups is 1. The van der Waals surface area contributed by atoms with Crippen molar-refractivity contribution in [3.05, 3.63) is 105 Å². The Kier molecular flexibility index (Phi) is 8.67. The number of benzene rings is 2. The zero-order valence-corrected chi connectivity index (χ0v) is 24.2. The number of ketones is 1. The molecular formula is C31H30F2N6O5. The van der Waals surface area contributed by atoms with Crippen molar-refractivity contribution in [2.45, 2.75) is 45.7 Å². The minimum Gasteiger partial charge on any atom is -0.453 e. The van der Waals surface area contributed by atoms with Crippen molar-refractivity contribution < 1.29 is 23.4 Å². The Labute approximate surface area is 249 Å². The van der Waals surface area contributed by atoms with Gasteiger partial charge in [-0.25, -0.2) is 23.1 Å². The lowest BCUT2D eigenvalue weighted by atomic mass is 10.0. The highest BCUT2D eigenvalue weighted by atomic mass is 19.1. The molecule has 0 aliphatic carbocycles. The van der Waals surface area contributed by atoms with E-state index in [9.17, 15) is 23.9 Å². The Hall–Kier alpha value is -5.17. The molecule has 11 nitrogen and oxygen atoms in total. The fourth-order valence-electron chi connectivity index (χ4n) is 4.67. The number of anilines is 1. The molecule has 0 unspecified atom stereocenters. The number of Topliss-reactive ketones (excluding diaryl/α,β-unsaturated/α-hetero) is 1. The monoisotopic (exact) mass is 604 g/mol. The van der Waals surface area contributed by atoms with Crippen LogP contribution in [0.4, 0.5) is 14.6 Å². The number of aromatic nitrogens is 5. The average molecular weight is 605 g/mol. The summed E-state index contributed by atoms with van der Waals surface area (Å²) in [6, 6.07) is 9.67. The number of fused-ring (bicyclic) bond motifs is 1. The zero-order valence-electron chi connectivity index (χ0n) is 24.2. The van der Waals surface area contributed by atoms with Crippen molar-refractivity contribution in [1.82, 2.24) is 24.3 Å². The number of nitrogens with zero attached hydrogens (tertiary/aromatic N) is 4. The third-order valence-electron chi connectivity index (χ3n) is 7.11. The molecule has 228 valence electrons. The maximum atomic E-state index is 15.3. The first-order valence-corrected chi connectivity index (χ1v) is 13.9. The van der Waals surface area contributed by atoms with Crippen LogP contribution in [-0.4, -0.2) is 47.9 Å². The van der Waals surface area contributed by atoms with Crippen LogP contribution in [0.25, 0.3) is 16.7 Å². The number of ether oxygens (including phenoxy) is 1. The molecule has 0 saturated carbocycles. The van der Waals surface area contributed by atoms with E-state index in [-0.39, 0.29) is 47.4 Å². The van der Waals surface area contributed by atoms with Gasteiger partial charge in [-0.3, -0.25) is 19.3 Å². The first kappa shape index (κ1) is 30.3. The zero-order chi connectivity index (χ0) is 31.5. The van der Waals surface area contributed by atoms with Gasteiger partial charge in [0.1, 0.15) is 22.5 Å². The summed E-state index contributed by atoms with van der Waals surface area (Å²) in [6.07, 6.45) is 2.98. The van der Waals surface area contributed by atoms with Crippen LogP contribution < -0.4 is 21.3 Å². The summed E-state index contributed by atoms with van der Waals surface area (Å²) in [5.74, 6) is -1.40. The molecule has 0 radical (unpaired) electrons. The minimum atomic E-state index is -0.860. The normalized spacial score (nSPS) is 12.1. The predicted molar refractivity (Wildman–Crippen MR) is 160 cm³/mol. The summed E-state index contributed by atoms with van der Waals surface area (Å²) in [7, 11) is 0. The number of hydrogen-bond donors (Lipinski definition) is 3. The molecule has 0 aliphatic rings. The maximum Gasteiger partial charge on any atom is 0.335 e. The molecular weight excluding hydrogens is 574 g/mol. The minimum absolute atomic E-state index is 0.112. The molecule has 5 aromatic rings. The van der Waals surface area contributed by atoms with Crippen LogP contribution in [-0.2, 0) is 6.42 Å². The SMILES string of the molecule is CC[C@@H](CO)Nc1n[nH]c2nccc(Oc3ccc(CC(=O)c4cn(C(C)C)c(=O)n(-c5ccc(F)cc5)c4=O)cc3F)c12. The van der Waals surface area contributed by atoms with E-state index in [1.165, 1.54) is 41.2 Å². The molecule has 0 saturated heterocycles. The maximum absolute atomic E-state index is 15.3. The van der Waals surface area contributed by atoms with Gasteiger partial charge in [0.2, 0.25) is 0 Å². The number of carbonyl (C=O) groups excluding carboxylic acids is 1. The van der Waals surface area contributed by atoms with Gasteiger partial charge in [-0.1, -0.05) is 13.0 Å². The van der Waals surface area contributed by atoms with Crippen molar-refractivity contribution in [1.29, 1.82) is 0 Å². The molecule has 0 fully saturated rings. The van der Waals surface area contributed by atoms with Gasteiger partial charge in [-0.2, -0.15) is 5.10 Å². The van der Waals surface area contributed by atoms with Gasteiger partial charge >= 0.3 is 5.69 Å². The molecule has 13 heteroatoms. The number of carbonyl (C=O) groups is 1. The fraction of sp³-hybridized carbons (Fsp3) is 0.258. The Morgan fingerprint density at radius 3 is 2.50 bits per heavy atom. The Morgan fingerprint density at radius 1 is 1.09 bits per heavy atom. The van der Waals surface area contributed by atoms with Crippen LogP contribution in [0, 0.1) is 11.6 Å². The summed E-state index contributed by atoms with van der Waals surface area (Å²) < 4.78 is 36.7. The van der Waals surface area contributed by atoms with E-state index in [2.05, 4.69) is 20.5 Å². The summed E-state index contributed by atoms with van der Waals surface area (Å²) in [4.78, 5) is 44.0. The third-order valence-corrected chi connectivity index (χ3v) is 7.11. The summed E-state index contributed by atoms with van der Waals surface area (Å²) in [5.41, 5.74) is -1.02. The molecule has 0 spiro atoms. The van der Waals surface area contributed by atoms with E-state index in [0.29, 0.717) is 23.3 Å². The number of pyridine rings is 1. The van der Waals surface area contributed by atoms with E-state index < -0.39 is 34.7 Å². The average Bonchev–Trinajstić information content (AvgIpc) is 3.41. The van der Waals surface area contributed by atoms with E-state index >= 15 is 4.39 Å². The number of hydrogen-bond acceptors (Lipinski definition) is 8. The smallest absolute Gasteiger partial charge is 0.335 e. The second-order valence-electron chi connectivity index (χ2n) is 10.4. The number of nitrogens with one attached hydrogen (secondary N) is 2. The van der Waals surface area contributed by atoms with Crippen molar-refractivity contribution in [3.63, 3.8) is 0 Å². The number of rotatable bonds is 11. The highest BCUT2D eigenvalue weighted by Gasteiger charge is 2.21.